The molecule has 1 fully saturated rings. The van der Waals surface area contributed by atoms with Crippen LogP contribution in [-0.4, -0.2) is 20.3 Å². The SMILES string of the molecule is CC/C(OCC1CCC(c2ccc(CC)cc2)OC1)=C(F)\C(F)=C(/C)OC. The first-order valence-electron chi connectivity index (χ1n) is 9.62. The summed E-state index contributed by atoms with van der Waals surface area (Å²) in [6, 6.07) is 8.53. The predicted molar refractivity (Wildman–Crippen MR) is 102 cm³/mol. The zero-order valence-electron chi connectivity index (χ0n) is 16.7. The fraction of sp³-hybridized carbons (Fsp3) is 0.545. The topological polar surface area (TPSA) is 27.7 Å². The molecule has 0 bridgehead atoms. The van der Waals surface area contributed by atoms with Gasteiger partial charge >= 0.3 is 0 Å². The van der Waals surface area contributed by atoms with Crippen LogP contribution in [-0.2, 0) is 20.6 Å². The smallest absolute Gasteiger partial charge is 0.199 e. The normalized spacial score (nSPS) is 22.0. The van der Waals surface area contributed by atoms with E-state index in [0.29, 0.717) is 13.2 Å². The summed E-state index contributed by atoms with van der Waals surface area (Å²) in [7, 11) is 1.31. The van der Waals surface area contributed by atoms with Crippen molar-refractivity contribution in [3.8, 4) is 0 Å². The number of ether oxygens (including phenoxy) is 3. The number of hydrogen-bond donors (Lipinski definition) is 0. The molecule has 1 heterocycles. The molecule has 1 aliphatic heterocycles. The molecule has 0 N–H and O–H groups in total. The van der Waals surface area contributed by atoms with E-state index in [4.69, 9.17) is 14.2 Å². The highest BCUT2D eigenvalue weighted by molar-refractivity contribution is 5.25. The van der Waals surface area contributed by atoms with Crippen molar-refractivity contribution >= 4 is 0 Å². The van der Waals surface area contributed by atoms with Crippen molar-refractivity contribution in [1.82, 2.24) is 0 Å². The Bertz CT molecular complexity index is 657. The lowest BCUT2D eigenvalue weighted by molar-refractivity contribution is -0.0365. The van der Waals surface area contributed by atoms with E-state index >= 15 is 0 Å². The van der Waals surface area contributed by atoms with E-state index in [9.17, 15) is 8.78 Å². The molecule has 0 spiro atoms. The molecule has 0 aromatic heterocycles. The Balaban J connectivity index is 1.89. The van der Waals surface area contributed by atoms with Gasteiger partial charge in [0.25, 0.3) is 0 Å². The third kappa shape index (κ3) is 5.80. The van der Waals surface area contributed by atoms with Crippen molar-refractivity contribution in [2.45, 2.75) is 52.6 Å². The Kier molecular flexibility index (Phi) is 8.29. The van der Waals surface area contributed by atoms with Crippen molar-refractivity contribution in [1.29, 1.82) is 0 Å². The number of benzene rings is 1. The van der Waals surface area contributed by atoms with Gasteiger partial charge in [-0.15, -0.1) is 0 Å². The van der Waals surface area contributed by atoms with E-state index in [0.717, 1.165) is 19.3 Å². The van der Waals surface area contributed by atoms with Crippen LogP contribution >= 0.6 is 0 Å². The minimum absolute atomic E-state index is 0.0150. The maximum atomic E-state index is 14.2. The van der Waals surface area contributed by atoms with Gasteiger partial charge in [0, 0.05) is 12.3 Å². The van der Waals surface area contributed by atoms with Gasteiger partial charge in [-0.2, -0.15) is 8.78 Å². The van der Waals surface area contributed by atoms with Crippen LogP contribution in [0.2, 0.25) is 0 Å². The lowest BCUT2D eigenvalue weighted by Gasteiger charge is -2.29. The fourth-order valence-corrected chi connectivity index (χ4v) is 3.07. The molecule has 3 nitrogen and oxygen atoms in total. The summed E-state index contributed by atoms with van der Waals surface area (Å²) in [5.41, 5.74) is 2.50. The molecular formula is C22H30F2O3. The van der Waals surface area contributed by atoms with Crippen molar-refractivity contribution in [2.24, 2.45) is 5.92 Å². The molecule has 2 atom stereocenters. The number of allylic oxidation sites excluding steroid dienone is 4. The third-order valence-corrected chi connectivity index (χ3v) is 5.00. The molecule has 1 aromatic rings. The molecule has 0 saturated carbocycles. The summed E-state index contributed by atoms with van der Waals surface area (Å²) in [5.74, 6) is -1.91. The van der Waals surface area contributed by atoms with Gasteiger partial charge in [0.05, 0.1) is 26.4 Å². The van der Waals surface area contributed by atoms with Gasteiger partial charge in [-0.3, -0.25) is 0 Å². The van der Waals surface area contributed by atoms with Crippen molar-refractivity contribution in [3.05, 3.63) is 58.6 Å². The van der Waals surface area contributed by atoms with E-state index < -0.39 is 11.7 Å². The van der Waals surface area contributed by atoms with Gasteiger partial charge < -0.3 is 14.2 Å². The number of rotatable bonds is 8. The Morgan fingerprint density at radius 3 is 2.33 bits per heavy atom. The highest BCUT2D eigenvalue weighted by atomic mass is 19.2. The van der Waals surface area contributed by atoms with Gasteiger partial charge in [-0.05, 0) is 37.3 Å². The minimum atomic E-state index is -1.01. The second-order valence-corrected chi connectivity index (χ2v) is 6.84. The molecule has 1 aliphatic rings. The maximum absolute atomic E-state index is 14.2. The Morgan fingerprint density at radius 1 is 1.11 bits per heavy atom. The molecule has 1 saturated heterocycles. The van der Waals surface area contributed by atoms with Crippen LogP contribution in [0.25, 0.3) is 0 Å². The maximum Gasteiger partial charge on any atom is 0.199 e. The first-order valence-corrected chi connectivity index (χ1v) is 9.62. The third-order valence-electron chi connectivity index (χ3n) is 5.00. The fourth-order valence-electron chi connectivity index (χ4n) is 3.07. The Hall–Kier alpha value is -1.88. The summed E-state index contributed by atoms with van der Waals surface area (Å²) >= 11 is 0. The zero-order chi connectivity index (χ0) is 19.8. The molecule has 2 rings (SSSR count). The molecule has 27 heavy (non-hydrogen) atoms. The van der Waals surface area contributed by atoms with Gasteiger partial charge in [-0.25, -0.2) is 0 Å². The highest BCUT2D eigenvalue weighted by Gasteiger charge is 2.24. The molecule has 2 unspecified atom stereocenters. The number of methoxy groups -OCH3 is 1. The van der Waals surface area contributed by atoms with E-state index in [1.54, 1.807) is 6.92 Å². The van der Waals surface area contributed by atoms with Crippen LogP contribution in [0.5, 0.6) is 0 Å². The van der Waals surface area contributed by atoms with Crippen molar-refractivity contribution in [2.75, 3.05) is 20.3 Å². The molecule has 0 aliphatic carbocycles. The van der Waals surface area contributed by atoms with Crippen molar-refractivity contribution < 1.29 is 23.0 Å². The molecule has 150 valence electrons. The molecular weight excluding hydrogens is 350 g/mol. The van der Waals surface area contributed by atoms with Crippen LogP contribution in [0.15, 0.2) is 47.4 Å². The van der Waals surface area contributed by atoms with Crippen LogP contribution < -0.4 is 0 Å². The molecule has 1 aromatic carbocycles. The second kappa shape index (κ2) is 10.5. The van der Waals surface area contributed by atoms with E-state index in [1.165, 1.54) is 25.2 Å². The minimum Gasteiger partial charge on any atom is -0.498 e. The summed E-state index contributed by atoms with van der Waals surface area (Å²) in [6.45, 7) is 6.12. The Labute approximate surface area is 161 Å². The van der Waals surface area contributed by atoms with Crippen molar-refractivity contribution in [3.63, 3.8) is 0 Å². The van der Waals surface area contributed by atoms with Crippen LogP contribution in [0.3, 0.4) is 0 Å². The van der Waals surface area contributed by atoms with Gasteiger partial charge in [0.15, 0.2) is 11.7 Å². The summed E-state index contributed by atoms with van der Waals surface area (Å²) in [4.78, 5) is 0. The largest absolute Gasteiger partial charge is 0.498 e. The summed E-state index contributed by atoms with van der Waals surface area (Å²) in [6.07, 6.45) is 3.21. The summed E-state index contributed by atoms with van der Waals surface area (Å²) < 4.78 is 44.4. The van der Waals surface area contributed by atoms with Gasteiger partial charge in [0.2, 0.25) is 0 Å². The zero-order valence-corrected chi connectivity index (χ0v) is 16.7. The van der Waals surface area contributed by atoms with E-state index in [1.807, 2.05) is 0 Å². The lowest BCUT2D eigenvalue weighted by Crippen LogP contribution is -2.24. The number of aryl methyl sites for hydroxylation is 1. The highest BCUT2D eigenvalue weighted by Crippen LogP contribution is 2.32. The first kappa shape index (κ1) is 21.4. The van der Waals surface area contributed by atoms with E-state index in [-0.39, 0.29) is 30.0 Å². The van der Waals surface area contributed by atoms with Crippen LogP contribution in [0.1, 0.15) is 57.3 Å². The lowest BCUT2D eigenvalue weighted by atomic mass is 9.94. The summed E-state index contributed by atoms with van der Waals surface area (Å²) in [5, 5.41) is 0. The monoisotopic (exact) mass is 380 g/mol. The number of halogens is 2. The molecule has 5 heteroatoms. The van der Waals surface area contributed by atoms with Crippen LogP contribution in [0, 0.1) is 5.92 Å². The van der Waals surface area contributed by atoms with Gasteiger partial charge in [-0.1, -0.05) is 38.1 Å². The first-order chi connectivity index (χ1) is 13.0. The Morgan fingerprint density at radius 2 is 1.81 bits per heavy atom. The number of hydrogen-bond acceptors (Lipinski definition) is 3. The van der Waals surface area contributed by atoms with Crippen LogP contribution in [0.4, 0.5) is 8.78 Å². The average Bonchev–Trinajstić information content (AvgIpc) is 2.73. The predicted octanol–water partition coefficient (Wildman–Crippen LogP) is 6.17. The molecule has 0 amide bonds. The second-order valence-electron chi connectivity index (χ2n) is 6.84. The van der Waals surface area contributed by atoms with Gasteiger partial charge in [0.1, 0.15) is 11.5 Å². The molecule has 0 radical (unpaired) electrons. The average molecular weight is 380 g/mol. The van der Waals surface area contributed by atoms with E-state index in [2.05, 4.69) is 31.2 Å². The standard InChI is InChI=1S/C22H30F2O3/c1-5-16-7-10-18(11-8-16)20-12-9-17(14-27-20)13-26-19(6-2)22(24)21(23)15(3)25-4/h7-8,10-11,17,20H,5-6,9,12-14H2,1-4H3/b21-15-,22-19-. The quantitative estimate of drug-likeness (QED) is 0.399.